The van der Waals surface area contributed by atoms with Crippen molar-refractivity contribution in [1.29, 1.82) is 0 Å². The van der Waals surface area contributed by atoms with E-state index in [4.69, 9.17) is 39.2 Å². The monoisotopic (exact) mass is 382 g/mol. The summed E-state index contributed by atoms with van der Waals surface area (Å²) in [5, 5.41) is 10.8. The summed E-state index contributed by atoms with van der Waals surface area (Å²) in [6.07, 6.45) is -0.150. The third-order valence-corrected chi connectivity index (χ3v) is 4.16. The minimum atomic E-state index is -0.474. The molecule has 0 aliphatic heterocycles. The quantitative estimate of drug-likeness (QED) is 0.654. The first-order valence-corrected chi connectivity index (χ1v) is 7.92. The van der Waals surface area contributed by atoms with Crippen LogP contribution in [-0.2, 0) is 6.42 Å². The van der Waals surface area contributed by atoms with Crippen molar-refractivity contribution in [2.75, 3.05) is 0 Å². The molecule has 0 amide bonds. The highest BCUT2D eigenvalue weighted by Gasteiger charge is 2.17. The Kier molecular flexibility index (Phi) is 4.54. The lowest BCUT2D eigenvalue weighted by Crippen LogP contribution is -2.09. The van der Waals surface area contributed by atoms with Crippen LogP contribution in [0.1, 0.15) is 16.1 Å². The molecule has 1 heterocycles. The molecular formula is C17H9Cl3O4. The van der Waals surface area contributed by atoms with Gasteiger partial charge in [0, 0.05) is 28.1 Å². The molecule has 2 aromatic carbocycles. The molecule has 3 aromatic rings. The van der Waals surface area contributed by atoms with Crippen LogP contribution in [0, 0.1) is 0 Å². The van der Waals surface area contributed by atoms with Crippen LogP contribution in [0.15, 0.2) is 45.6 Å². The Hall–Kier alpha value is -2.01. The second-order valence-electron chi connectivity index (χ2n) is 5.11. The third-order valence-electron chi connectivity index (χ3n) is 3.42. The number of fused-ring (bicyclic) bond motifs is 1. The Morgan fingerprint density at radius 3 is 2.50 bits per heavy atom. The molecule has 24 heavy (non-hydrogen) atoms. The zero-order valence-corrected chi connectivity index (χ0v) is 14.2. The molecule has 0 bridgehead atoms. The van der Waals surface area contributed by atoms with Gasteiger partial charge in [0.15, 0.2) is 16.8 Å². The van der Waals surface area contributed by atoms with Gasteiger partial charge < -0.3 is 9.52 Å². The molecule has 7 heteroatoms. The average Bonchev–Trinajstić information content (AvgIpc) is 2.50. The van der Waals surface area contributed by atoms with Gasteiger partial charge in [-0.15, -0.1) is 0 Å². The van der Waals surface area contributed by atoms with E-state index in [0.717, 1.165) is 6.07 Å². The maximum atomic E-state index is 12.4. The molecule has 1 N–H and O–H groups in total. The lowest BCUT2D eigenvalue weighted by atomic mass is 10.1. The third kappa shape index (κ3) is 3.26. The molecule has 1 aromatic heterocycles. The summed E-state index contributed by atoms with van der Waals surface area (Å²) in [5.41, 5.74) is 0.0379. The highest BCUT2D eigenvalue weighted by atomic mass is 35.5. The van der Waals surface area contributed by atoms with Gasteiger partial charge in [0.2, 0.25) is 5.78 Å². The van der Waals surface area contributed by atoms with Gasteiger partial charge in [-0.25, -0.2) is 0 Å². The second-order valence-corrected chi connectivity index (χ2v) is 6.39. The van der Waals surface area contributed by atoms with Gasteiger partial charge in [-0.3, -0.25) is 9.59 Å². The van der Waals surface area contributed by atoms with Crippen LogP contribution in [0.5, 0.6) is 5.75 Å². The van der Waals surface area contributed by atoms with Crippen LogP contribution in [0.4, 0.5) is 0 Å². The minimum absolute atomic E-state index is 0.0947. The highest BCUT2D eigenvalue weighted by molar-refractivity contribution is 6.38. The number of ketones is 1. The first-order valence-electron chi connectivity index (χ1n) is 6.78. The predicted molar refractivity (Wildman–Crippen MR) is 93.7 cm³/mol. The molecular weight excluding hydrogens is 375 g/mol. The summed E-state index contributed by atoms with van der Waals surface area (Å²) in [6, 6.07) is 8.35. The van der Waals surface area contributed by atoms with Crippen molar-refractivity contribution in [3.63, 3.8) is 0 Å². The Balaban J connectivity index is 2.03. The van der Waals surface area contributed by atoms with E-state index >= 15 is 0 Å². The molecule has 4 nitrogen and oxygen atoms in total. The number of Topliss-reactive ketones (excluding diaryl/α,β-unsaturated/α-hetero) is 1. The van der Waals surface area contributed by atoms with Crippen molar-refractivity contribution >= 4 is 51.6 Å². The number of carbonyl (C=O) groups is 1. The fourth-order valence-electron chi connectivity index (χ4n) is 2.27. The Labute approximate surface area is 151 Å². The van der Waals surface area contributed by atoms with E-state index in [1.165, 1.54) is 24.3 Å². The summed E-state index contributed by atoms with van der Waals surface area (Å²) in [4.78, 5) is 24.6. The molecule has 3 rings (SSSR count). The zero-order valence-electron chi connectivity index (χ0n) is 12.0. The van der Waals surface area contributed by atoms with E-state index in [9.17, 15) is 14.7 Å². The number of carbonyl (C=O) groups excluding carboxylic acids is 1. The van der Waals surface area contributed by atoms with Gasteiger partial charge in [-0.1, -0.05) is 40.9 Å². The van der Waals surface area contributed by atoms with Crippen molar-refractivity contribution in [2.24, 2.45) is 0 Å². The summed E-state index contributed by atoms with van der Waals surface area (Å²) >= 11 is 17.7. The average molecular weight is 384 g/mol. The first-order chi connectivity index (χ1) is 11.3. The topological polar surface area (TPSA) is 67.5 Å². The van der Waals surface area contributed by atoms with Crippen molar-refractivity contribution < 1.29 is 14.3 Å². The predicted octanol–water partition coefficient (Wildman–Crippen LogP) is 4.88. The molecule has 0 saturated carbocycles. The maximum Gasteiger partial charge on any atom is 0.202 e. The molecule has 0 aliphatic carbocycles. The fraction of sp³-hybridized carbons (Fsp3) is 0.0588. The molecule has 0 radical (unpaired) electrons. The molecule has 0 unspecified atom stereocenters. The largest absolute Gasteiger partial charge is 0.508 e. The normalized spacial score (nSPS) is 11.0. The first kappa shape index (κ1) is 16.8. The molecule has 0 saturated heterocycles. The van der Waals surface area contributed by atoms with E-state index in [2.05, 4.69) is 0 Å². The number of benzene rings is 2. The number of aromatic hydroxyl groups is 1. The van der Waals surface area contributed by atoms with E-state index in [1.807, 2.05) is 0 Å². The van der Waals surface area contributed by atoms with Crippen LogP contribution in [0.3, 0.4) is 0 Å². The summed E-state index contributed by atoms with van der Waals surface area (Å²) in [5.74, 6) is -0.729. The lowest BCUT2D eigenvalue weighted by molar-refractivity contribution is 0.0966. The number of rotatable bonds is 3. The van der Waals surface area contributed by atoms with E-state index in [1.54, 1.807) is 6.07 Å². The Bertz CT molecular complexity index is 1020. The van der Waals surface area contributed by atoms with Gasteiger partial charge in [0.25, 0.3) is 0 Å². The van der Waals surface area contributed by atoms with E-state index in [0.29, 0.717) is 15.6 Å². The van der Waals surface area contributed by atoms with Gasteiger partial charge in [-0.2, -0.15) is 0 Å². The molecule has 0 atom stereocenters. The van der Waals surface area contributed by atoms with Crippen LogP contribution < -0.4 is 5.43 Å². The Morgan fingerprint density at radius 1 is 1.04 bits per heavy atom. The van der Waals surface area contributed by atoms with Gasteiger partial charge in [0.1, 0.15) is 5.75 Å². The van der Waals surface area contributed by atoms with Gasteiger partial charge in [0.05, 0.1) is 10.4 Å². The van der Waals surface area contributed by atoms with Crippen molar-refractivity contribution in [2.45, 2.75) is 6.42 Å². The number of phenols is 1. The SMILES string of the molecule is O=C(Cc1ccc(Cl)cc1O)c1cc(=O)c2cc(Cl)cc(Cl)c2o1. The van der Waals surface area contributed by atoms with E-state index in [-0.39, 0.29) is 33.9 Å². The maximum absolute atomic E-state index is 12.4. The van der Waals surface area contributed by atoms with Crippen LogP contribution in [-0.4, -0.2) is 10.9 Å². The fourth-order valence-corrected chi connectivity index (χ4v) is 2.97. The number of hydrogen-bond acceptors (Lipinski definition) is 4. The summed E-state index contributed by atoms with van der Waals surface area (Å²) in [6.45, 7) is 0. The number of phenolic OH excluding ortho intramolecular Hbond substituents is 1. The van der Waals surface area contributed by atoms with Crippen LogP contribution in [0.2, 0.25) is 15.1 Å². The highest BCUT2D eigenvalue weighted by Crippen LogP contribution is 2.28. The van der Waals surface area contributed by atoms with Crippen molar-refractivity contribution in [1.82, 2.24) is 0 Å². The number of hydrogen-bond donors (Lipinski definition) is 1. The molecule has 0 spiro atoms. The lowest BCUT2D eigenvalue weighted by Gasteiger charge is -2.06. The van der Waals surface area contributed by atoms with Gasteiger partial charge >= 0.3 is 0 Å². The summed E-state index contributed by atoms with van der Waals surface area (Å²) < 4.78 is 5.48. The minimum Gasteiger partial charge on any atom is -0.508 e. The summed E-state index contributed by atoms with van der Waals surface area (Å²) in [7, 11) is 0. The Morgan fingerprint density at radius 2 is 1.79 bits per heavy atom. The van der Waals surface area contributed by atoms with Crippen molar-refractivity contribution in [3.05, 3.63) is 73.0 Å². The van der Waals surface area contributed by atoms with Crippen LogP contribution >= 0.6 is 34.8 Å². The second kappa shape index (κ2) is 6.48. The molecule has 122 valence electrons. The smallest absolute Gasteiger partial charge is 0.202 e. The van der Waals surface area contributed by atoms with Crippen LogP contribution in [0.25, 0.3) is 11.0 Å². The standard InChI is InChI=1S/C17H9Cl3O4/c18-9-2-1-8(13(21)6-9)3-15(23)16-7-14(22)11-4-10(19)5-12(20)17(11)24-16/h1-2,4-7,21H,3H2. The molecule has 0 aliphatic rings. The van der Waals surface area contributed by atoms with Gasteiger partial charge in [-0.05, 0) is 24.3 Å². The van der Waals surface area contributed by atoms with E-state index < -0.39 is 11.2 Å². The number of halogens is 3. The zero-order chi connectivity index (χ0) is 17.4. The molecule has 0 fully saturated rings. The van der Waals surface area contributed by atoms with Crippen molar-refractivity contribution in [3.8, 4) is 5.75 Å².